The molecule has 0 amide bonds. The van der Waals surface area contributed by atoms with Gasteiger partial charge in [-0.05, 0) is 25.0 Å². The average Bonchev–Trinajstić information content (AvgIpc) is 3.12. The van der Waals surface area contributed by atoms with E-state index in [4.69, 9.17) is 14.9 Å². The van der Waals surface area contributed by atoms with Gasteiger partial charge in [0.2, 0.25) is 11.9 Å². The van der Waals surface area contributed by atoms with E-state index in [0.29, 0.717) is 18.5 Å². The molecule has 1 fully saturated rings. The van der Waals surface area contributed by atoms with Gasteiger partial charge in [-0.15, -0.1) is 0 Å². The highest BCUT2D eigenvalue weighted by atomic mass is 16.5. The van der Waals surface area contributed by atoms with Crippen molar-refractivity contribution in [1.29, 1.82) is 0 Å². The molecule has 7 heteroatoms. The SMILES string of the molecule is COc1nc(N)nc(N(Cc2ccco2)C2CC2)n1. The maximum atomic E-state index is 5.67. The third-order valence-corrected chi connectivity index (χ3v) is 2.95. The summed E-state index contributed by atoms with van der Waals surface area (Å²) in [7, 11) is 1.51. The van der Waals surface area contributed by atoms with Gasteiger partial charge in [-0.1, -0.05) is 0 Å². The van der Waals surface area contributed by atoms with E-state index in [9.17, 15) is 0 Å². The summed E-state index contributed by atoms with van der Waals surface area (Å²) in [5.41, 5.74) is 5.67. The number of nitrogens with zero attached hydrogens (tertiary/aromatic N) is 4. The number of aromatic nitrogens is 3. The summed E-state index contributed by atoms with van der Waals surface area (Å²) in [5, 5.41) is 0. The smallest absolute Gasteiger partial charge is 0.322 e. The molecule has 2 aromatic heterocycles. The monoisotopic (exact) mass is 261 g/mol. The first-order valence-corrected chi connectivity index (χ1v) is 6.11. The highest BCUT2D eigenvalue weighted by Gasteiger charge is 2.32. The lowest BCUT2D eigenvalue weighted by molar-refractivity contribution is 0.378. The zero-order chi connectivity index (χ0) is 13.2. The second-order valence-corrected chi connectivity index (χ2v) is 4.42. The van der Waals surface area contributed by atoms with E-state index in [-0.39, 0.29) is 12.0 Å². The molecule has 0 bridgehead atoms. The fourth-order valence-electron chi connectivity index (χ4n) is 1.90. The van der Waals surface area contributed by atoms with Crippen LogP contribution in [0.25, 0.3) is 0 Å². The van der Waals surface area contributed by atoms with Crippen LogP contribution < -0.4 is 15.4 Å². The van der Waals surface area contributed by atoms with Crippen molar-refractivity contribution in [2.45, 2.75) is 25.4 Å². The third-order valence-electron chi connectivity index (χ3n) is 2.95. The van der Waals surface area contributed by atoms with Crippen LogP contribution in [0.3, 0.4) is 0 Å². The van der Waals surface area contributed by atoms with Crippen molar-refractivity contribution in [3.8, 4) is 6.01 Å². The number of anilines is 2. The summed E-state index contributed by atoms with van der Waals surface area (Å²) in [6.45, 7) is 0.615. The topological polar surface area (TPSA) is 90.3 Å². The summed E-state index contributed by atoms with van der Waals surface area (Å²) >= 11 is 0. The van der Waals surface area contributed by atoms with Crippen molar-refractivity contribution in [3.05, 3.63) is 24.2 Å². The summed E-state index contributed by atoms with van der Waals surface area (Å²) < 4.78 is 10.4. The molecule has 0 spiro atoms. The molecule has 7 nitrogen and oxygen atoms in total. The van der Waals surface area contributed by atoms with Gasteiger partial charge in [0.15, 0.2) is 0 Å². The molecule has 19 heavy (non-hydrogen) atoms. The normalized spacial score (nSPS) is 14.4. The molecule has 0 radical (unpaired) electrons. The molecule has 0 unspecified atom stereocenters. The Hall–Kier alpha value is -2.31. The third kappa shape index (κ3) is 2.59. The molecule has 1 aliphatic carbocycles. The Balaban J connectivity index is 1.89. The van der Waals surface area contributed by atoms with Crippen molar-refractivity contribution in [2.24, 2.45) is 0 Å². The fraction of sp³-hybridized carbons (Fsp3) is 0.417. The Labute approximate surface area is 110 Å². The lowest BCUT2D eigenvalue weighted by atomic mass is 10.4. The predicted molar refractivity (Wildman–Crippen MR) is 68.7 cm³/mol. The molecule has 1 aliphatic rings. The largest absolute Gasteiger partial charge is 0.467 e. The highest BCUT2D eigenvalue weighted by molar-refractivity contribution is 5.39. The van der Waals surface area contributed by atoms with Gasteiger partial charge >= 0.3 is 6.01 Å². The zero-order valence-corrected chi connectivity index (χ0v) is 10.6. The average molecular weight is 261 g/mol. The highest BCUT2D eigenvalue weighted by Crippen LogP contribution is 2.31. The van der Waals surface area contributed by atoms with Crippen LogP contribution >= 0.6 is 0 Å². The van der Waals surface area contributed by atoms with Gasteiger partial charge in [0.25, 0.3) is 0 Å². The molecule has 2 heterocycles. The molecule has 0 aromatic carbocycles. The maximum Gasteiger partial charge on any atom is 0.322 e. The van der Waals surface area contributed by atoms with Crippen LogP contribution in [-0.2, 0) is 6.54 Å². The van der Waals surface area contributed by atoms with Crippen LogP contribution in [0.5, 0.6) is 6.01 Å². The van der Waals surface area contributed by atoms with E-state index in [1.807, 2.05) is 12.1 Å². The number of methoxy groups -OCH3 is 1. The Morgan fingerprint density at radius 1 is 1.42 bits per heavy atom. The number of rotatable bonds is 5. The number of ether oxygens (including phenoxy) is 1. The van der Waals surface area contributed by atoms with Crippen LogP contribution in [0.2, 0.25) is 0 Å². The lowest BCUT2D eigenvalue weighted by Crippen LogP contribution is -2.27. The van der Waals surface area contributed by atoms with Crippen molar-refractivity contribution in [3.63, 3.8) is 0 Å². The summed E-state index contributed by atoms with van der Waals surface area (Å²) in [6.07, 6.45) is 3.89. The first-order chi connectivity index (χ1) is 9.26. The number of nitrogens with two attached hydrogens (primary N) is 1. The minimum Gasteiger partial charge on any atom is -0.467 e. The van der Waals surface area contributed by atoms with E-state index in [1.165, 1.54) is 7.11 Å². The quantitative estimate of drug-likeness (QED) is 0.865. The van der Waals surface area contributed by atoms with E-state index in [0.717, 1.165) is 18.6 Å². The standard InChI is InChI=1S/C12H15N5O2/c1-18-12-15-10(13)14-11(16-12)17(8-4-5-8)7-9-3-2-6-19-9/h2-3,6,8H,4-5,7H2,1H3,(H2,13,14,15,16). The van der Waals surface area contributed by atoms with Crippen molar-refractivity contribution in [2.75, 3.05) is 17.7 Å². The molecule has 100 valence electrons. The Bertz CT molecular complexity index is 553. The second kappa shape index (κ2) is 4.75. The van der Waals surface area contributed by atoms with Crippen LogP contribution in [0.4, 0.5) is 11.9 Å². The Kier molecular flexibility index (Phi) is 2.94. The first-order valence-electron chi connectivity index (χ1n) is 6.11. The van der Waals surface area contributed by atoms with Crippen LogP contribution in [-0.4, -0.2) is 28.1 Å². The van der Waals surface area contributed by atoms with E-state index < -0.39 is 0 Å². The zero-order valence-electron chi connectivity index (χ0n) is 10.6. The molecule has 2 aromatic rings. The number of furan rings is 1. The molecule has 1 saturated carbocycles. The molecule has 3 rings (SSSR count). The molecule has 0 aliphatic heterocycles. The van der Waals surface area contributed by atoms with Gasteiger partial charge in [-0.25, -0.2) is 0 Å². The Morgan fingerprint density at radius 3 is 2.89 bits per heavy atom. The van der Waals surface area contributed by atoms with Gasteiger partial charge in [-0.3, -0.25) is 0 Å². The molecule has 0 atom stereocenters. The van der Waals surface area contributed by atoms with Gasteiger partial charge in [-0.2, -0.15) is 15.0 Å². The van der Waals surface area contributed by atoms with Gasteiger partial charge in [0.05, 0.1) is 19.9 Å². The van der Waals surface area contributed by atoms with Crippen molar-refractivity contribution >= 4 is 11.9 Å². The lowest BCUT2D eigenvalue weighted by Gasteiger charge is -2.21. The minimum atomic E-state index is 0.159. The summed E-state index contributed by atoms with van der Waals surface area (Å²) in [4.78, 5) is 14.4. The van der Waals surface area contributed by atoms with E-state index in [1.54, 1.807) is 6.26 Å². The van der Waals surface area contributed by atoms with Gasteiger partial charge in [0, 0.05) is 6.04 Å². The van der Waals surface area contributed by atoms with Gasteiger partial charge < -0.3 is 19.8 Å². The van der Waals surface area contributed by atoms with E-state index in [2.05, 4.69) is 19.9 Å². The molecule has 2 N–H and O–H groups in total. The predicted octanol–water partition coefficient (Wildman–Crippen LogP) is 1.22. The maximum absolute atomic E-state index is 5.67. The van der Waals surface area contributed by atoms with Crippen LogP contribution in [0, 0.1) is 0 Å². The second-order valence-electron chi connectivity index (χ2n) is 4.42. The Morgan fingerprint density at radius 2 is 2.26 bits per heavy atom. The first kappa shape index (κ1) is 11.8. The van der Waals surface area contributed by atoms with E-state index >= 15 is 0 Å². The summed E-state index contributed by atoms with van der Waals surface area (Å²) in [5.74, 6) is 1.56. The number of nitrogen functional groups attached to an aromatic ring is 1. The van der Waals surface area contributed by atoms with Crippen molar-refractivity contribution < 1.29 is 9.15 Å². The molecule has 0 saturated heterocycles. The van der Waals surface area contributed by atoms with Crippen molar-refractivity contribution in [1.82, 2.24) is 15.0 Å². The summed E-state index contributed by atoms with van der Waals surface area (Å²) in [6, 6.07) is 4.45. The molecular formula is C12H15N5O2. The van der Waals surface area contributed by atoms with Gasteiger partial charge in [0.1, 0.15) is 5.76 Å². The molecular weight excluding hydrogens is 246 g/mol. The van der Waals surface area contributed by atoms with Crippen LogP contribution in [0.1, 0.15) is 18.6 Å². The van der Waals surface area contributed by atoms with Crippen LogP contribution in [0.15, 0.2) is 22.8 Å². The minimum absolute atomic E-state index is 0.159. The fourth-order valence-corrected chi connectivity index (χ4v) is 1.90. The number of hydrogen-bond donors (Lipinski definition) is 1. The number of hydrogen-bond acceptors (Lipinski definition) is 7.